The van der Waals surface area contributed by atoms with E-state index < -0.39 is 0 Å². The molecule has 2 heteroatoms. The van der Waals surface area contributed by atoms with Gasteiger partial charge in [-0.3, -0.25) is 0 Å². The Labute approximate surface area is 101 Å². The second-order valence-corrected chi connectivity index (χ2v) is 5.85. The van der Waals surface area contributed by atoms with E-state index in [9.17, 15) is 10.2 Å². The highest BCUT2D eigenvalue weighted by atomic mass is 16.3. The first-order valence-electron chi connectivity index (χ1n) is 6.78. The Morgan fingerprint density at radius 2 is 1.00 bits per heavy atom. The second-order valence-electron chi connectivity index (χ2n) is 5.85. The molecule has 0 aliphatic carbocycles. The quantitative estimate of drug-likeness (QED) is 0.596. The standard InChI is InChI=1S/C14H30O2/c1-11(2)9-13(15)7-5-6-8-14(16)10-12(3)4/h11-16H,5-10H2,1-4H3. The molecule has 0 aliphatic rings. The summed E-state index contributed by atoms with van der Waals surface area (Å²) in [5.74, 6) is 1.14. The van der Waals surface area contributed by atoms with Crippen LogP contribution in [0.4, 0.5) is 0 Å². The third-order valence-corrected chi connectivity index (χ3v) is 2.81. The number of aliphatic hydroxyl groups is 2. The molecule has 2 atom stereocenters. The fourth-order valence-electron chi connectivity index (χ4n) is 2.08. The van der Waals surface area contributed by atoms with Gasteiger partial charge in [-0.2, -0.15) is 0 Å². The molecule has 0 radical (unpaired) electrons. The molecular formula is C14H30O2. The normalized spacial score (nSPS) is 15.8. The van der Waals surface area contributed by atoms with E-state index in [0.29, 0.717) is 11.8 Å². The fourth-order valence-corrected chi connectivity index (χ4v) is 2.08. The average molecular weight is 230 g/mol. The largest absolute Gasteiger partial charge is 0.393 e. The second kappa shape index (κ2) is 9.00. The molecule has 0 aromatic carbocycles. The molecule has 16 heavy (non-hydrogen) atoms. The van der Waals surface area contributed by atoms with Crippen LogP contribution in [0.3, 0.4) is 0 Å². The minimum Gasteiger partial charge on any atom is -0.393 e. The zero-order valence-electron chi connectivity index (χ0n) is 11.4. The molecule has 0 saturated heterocycles. The summed E-state index contributed by atoms with van der Waals surface area (Å²) in [6.45, 7) is 8.54. The molecule has 0 saturated carbocycles. The van der Waals surface area contributed by atoms with Crippen molar-refractivity contribution in [2.75, 3.05) is 0 Å². The third kappa shape index (κ3) is 10.4. The number of hydrogen-bond acceptors (Lipinski definition) is 2. The molecule has 0 spiro atoms. The lowest BCUT2D eigenvalue weighted by Crippen LogP contribution is -2.12. The minimum absolute atomic E-state index is 0.151. The van der Waals surface area contributed by atoms with Gasteiger partial charge in [0.1, 0.15) is 0 Å². The summed E-state index contributed by atoms with van der Waals surface area (Å²) < 4.78 is 0. The van der Waals surface area contributed by atoms with Gasteiger partial charge < -0.3 is 10.2 Å². The molecule has 0 aromatic rings. The monoisotopic (exact) mass is 230 g/mol. The Hall–Kier alpha value is -0.0800. The minimum atomic E-state index is -0.151. The van der Waals surface area contributed by atoms with E-state index in [0.717, 1.165) is 38.5 Å². The number of rotatable bonds is 9. The molecule has 0 rings (SSSR count). The van der Waals surface area contributed by atoms with Crippen LogP contribution in [0.2, 0.25) is 0 Å². The van der Waals surface area contributed by atoms with Gasteiger partial charge in [0.05, 0.1) is 12.2 Å². The first kappa shape index (κ1) is 15.9. The van der Waals surface area contributed by atoms with Crippen molar-refractivity contribution in [1.82, 2.24) is 0 Å². The average Bonchev–Trinajstić information content (AvgIpc) is 2.10. The first-order valence-corrected chi connectivity index (χ1v) is 6.78. The van der Waals surface area contributed by atoms with Crippen molar-refractivity contribution in [2.24, 2.45) is 11.8 Å². The fraction of sp³-hybridized carbons (Fsp3) is 1.00. The van der Waals surface area contributed by atoms with Gasteiger partial charge >= 0.3 is 0 Å². The lowest BCUT2D eigenvalue weighted by molar-refractivity contribution is 0.121. The van der Waals surface area contributed by atoms with Gasteiger partial charge in [0, 0.05) is 0 Å². The van der Waals surface area contributed by atoms with Crippen molar-refractivity contribution in [2.45, 2.75) is 78.4 Å². The maximum absolute atomic E-state index is 9.67. The van der Waals surface area contributed by atoms with E-state index in [-0.39, 0.29) is 12.2 Å². The molecule has 2 nitrogen and oxygen atoms in total. The zero-order chi connectivity index (χ0) is 12.6. The van der Waals surface area contributed by atoms with E-state index in [4.69, 9.17) is 0 Å². The van der Waals surface area contributed by atoms with Gasteiger partial charge in [-0.15, -0.1) is 0 Å². The van der Waals surface area contributed by atoms with Crippen LogP contribution in [0.15, 0.2) is 0 Å². The van der Waals surface area contributed by atoms with Crippen LogP contribution in [-0.2, 0) is 0 Å². The summed E-state index contributed by atoms with van der Waals surface area (Å²) >= 11 is 0. The van der Waals surface area contributed by atoms with Crippen molar-refractivity contribution in [3.8, 4) is 0 Å². The highest BCUT2D eigenvalue weighted by Crippen LogP contribution is 2.15. The van der Waals surface area contributed by atoms with Crippen molar-refractivity contribution in [3.63, 3.8) is 0 Å². The molecule has 0 heterocycles. The summed E-state index contributed by atoms with van der Waals surface area (Å²) in [7, 11) is 0. The van der Waals surface area contributed by atoms with Crippen LogP contribution in [0.5, 0.6) is 0 Å². The van der Waals surface area contributed by atoms with Crippen LogP contribution in [0.25, 0.3) is 0 Å². The molecule has 0 fully saturated rings. The summed E-state index contributed by atoms with van der Waals surface area (Å²) in [4.78, 5) is 0. The van der Waals surface area contributed by atoms with Crippen molar-refractivity contribution in [1.29, 1.82) is 0 Å². The van der Waals surface area contributed by atoms with Crippen LogP contribution in [0.1, 0.15) is 66.2 Å². The molecule has 0 aliphatic heterocycles. The van der Waals surface area contributed by atoms with Gasteiger partial charge in [-0.25, -0.2) is 0 Å². The van der Waals surface area contributed by atoms with Gasteiger partial charge in [0.2, 0.25) is 0 Å². The molecular weight excluding hydrogens is 200 g/mol. The number of aliphatic hydroxyl groups excluding tert-OH is 2. The van der Waals surface area contributed by atoms with E-state index >= 15 is 0 Å². The summed E-state index contributed by atoms with van der Waals surface area (Å²) in [6.07, 6.45) is 5.32. The van der Waals surface area contributed by atoms with Crippen LogP contribution in [0, 0.1) is 11.8 Å². The smallest absolute Gasteiger partial charge is 0.0542 e. The van der Waals surface area contributed by atoms with Crippen molar-refractivity contribution in [3.05, 3.63) is 0 Å². The molecule has 0 bridgehead atoms. The van der Waals surface area contributed by atoms with Gasteiger partial charge in [-0.05, 0) is 37.5 Å². The SMILES string of the molecule is CC(C)CC(O)CCCCC(O)CC(C)C. The highest BCUT2D eigenvalue weighted by molar-refractivity contribution is 4.62. The lowest BCUT2D eigenvalue weighted by atomic mass is 9.98. The van der Waals surface area contributed by atoms with Gasteiger partial charge in [-0.1, -0.05) is 40.5 Å². The van der Waals surface area contributed by atoms with Crippen LogP contribution in [-0.4, -0.2) is 22.4 Å². The number of unbranched alkanes of at least 4 members (excludes halogenated alkanes) is 1. The van der Waals surface area contributed by atoms with Crippen molar-refractivity contribution >= 4 is 0 Å². The Kier molecular flexibility index (Phi) is 8.96. The zero-order valence-corrected chi connectivity index (χ0v) is 11.4. The third-order valence-electron chi connectivity index (χ3n) is 2.81. The lowest BCUT2D eigenvalue weighted by Gasteiger charge is -2.15. The summed E-state index contributed by atoms with van der Waals surface area (Å²) in [6, 6.07) is 0. The maximum atomic E-state index is 9.67. The summed E-state index contributed by atoms with van der Waals surface area (Å²) in [5, 5.41) is 19.3. The topological polar surface area (TPSA) is 40.5 Å². The van der Waals surface area contributed by atoms with Crippen molar-refractivity contribution < 1.29 is 10.2 Å². The molecule has 0 aromatic heterocycles. The van der Waals surface area contributed by atoms with Crippen LogP contribution < -0.4 is 0 Å². The summed E-state index contributed by atoms with van der Waals surface area (Å²) in [5.41, 5.74) is 0. The Morgan fingerprint density at radius 1 is 0.688 bits per heavy atom. The number of hydrogen-bond donors (Lipinski definition) is 2. The maximum Gasteiger partial charge on any atom is 0.0542 e. The van der Waals surface area contributed by atoms with E-state index in [1.165, 1.54) is 0 Å². The Balaban J connectivity index is 3.38. The predicted molar refractivity (Wildman–Crippen MR) is 69.4 cm³/mol. The Bertz CT molecular complexity index is 137. The highest BCUT2D eigenvalue weighted by Gasteiger charge is 2.09. The van der Waals surface area contributed by atoms with E-state index in [1.807, 2.05) is 0 Å². The van der Waals surface area contributed by atoms with Crippen LogP contribution >= 0.6 is 0 Å². The molecule has 0 amide bonds. The Morgan fingerprint density at radius 3 is 1.25 bits per heavy atom. The van der Waals surface area contributed by atoms with Gasteiger partial charge in [0.15, 0.2) is 0 Å². The molecule has 2 unspecified atom stereocenters. The van der Waals surface area contributed by atoms with E-state index in [1.54, 1.807) is 0 Å². The van der Waals surface area contributed by atoms with Gasteiger partial charge in [0.25, 0.3) is 0 Å². The predicted octanol–water partition coefficient (Wildman–Crippen LogP) is 3.36. The first-order chi connectivity index (χ1) is 7.41. The molecule has 2 N–H and O–H groups in total. The van der Waals surface area contributed by atoms with E-state index in [2.05, 4.69) is 27.7 Å². The molecule has 98 valence electrons.